The van der Waals surface area contributed by atoms with Gasteiger partial charge in [0, 0.05) is 11.4 Å². The second-order valence-electron chi connectivity index (χ2n) is 7.66. The van der Waals surface area contributed by atoms with E-state index in [9.17, 15) is 0 Å². The summed E-state index contributed by atoms with van der Waals surface area (Å²) in [5, 5.41) is 4.76. The van der Waals surface area contributed by atoms with E-state index in [0.717, 1.165) is 34.2 Å². The first-order valence-electron chi connectivity index (χ1n) is 10.5. The maximum Gasteiger partial charge on any atom is 2.00 e. The van der Waals surface area contributed by atoms with Crippen molar-refractivity contribution in [3.63, 3.8) is 0 Å². The van der Waals surface area contributed by atoms with E-state index in [1.807, 2.05) is 86.7 Å². The van der Waals surface area contributed by atoms with Gasteiger partial charge in [-0.2, -0.15) is 18.2 Å². The Morgan fingerprint density at radius 2 is 1.50 bits per heavy atom. The molecule has 1 aliphatic carbocycles. The molecule has 0 unspecified atom stereocenters. The van der Waals surface area contributed by atoms with Crippen LogP contribution >= 0.6 is 0 Å². The van der Waals surface area contributed by atoms with Crippen molar-refractivity contribution in [2.24, 2.45) is 9.98 Å². The van der Waals surface area contributed by atoms with E-state index in [2.05, 4.69) is 37.9 Å². The molecular weight excluding hydrogens is 434 g/mol. The summed E-state index contributed by atoms with van der Waals surface area (Å²) in [6.45, 7) is 10.3. The van der Waals surface area contributed by atoms with Gasteiger partial charge < -0.3 is 5.32 Å². The van der Waals surface area contributed by atoms with E-state index in [-0.39, 0.29) is 17.1 Å². The van der Waals surface area contributed by atoms with Gasteiger partial charge in [-0.15, -0.1) is 11.4 Å². The summed E-state index contributed by atoms with van der Waals surface area (Å²) in [6, 6.07) is 14.3. The van der Waals surface area contributed by atoms with Crippen molar-refractivity contribution in [1.29, 1.82) is 0 Å². The molecule has 1 heterocycles. The number of aryl methyl sites for hydroxylation is 3. The summed E-state index contributed by atoms with van der Waals surface area (Å²) < 4.78 is 0. The molecule has 4 heteroatoms. The molecular formula is C28H29FeN3. The fourth-order valence-corrected chi connectivity index (χ4v) is 3.42. The molecule has 0 fully saturated rings. The third-order valence-electron chi connectivity index (χ3n) is 4.90. The minimum atomic E-state index is 0. The zero-order valence-electron chi connectivity index (χ0n) is 19.3. The molecule has 32 heavy (non-hydrogen) atoms. The van der Waals surface area contributed by atoms with Crippen LogP contribution in [0.3, 0.4) is 0 Å². The average molecular weight is 463 g/mol. The topological polar surface area (TPSA) is 38.8 Å². The minimum absolute atomic E-state index is 0. The number of rotatable bonds is 3. The molecule has 0 spiro atoms. The van der Waals surface area contributed by atoms with Crippen molar-refractivity contribution in [2.75, 3.05) is 0 Å². The molecule has 2 aliphatic rings. The summed E-state index contributed by atoms with van der Waals surface area (Å²) in [5.41, 5.74) is 9.16. The maximum absolute atomic E-state index is 4.86. The summed E-state index contributed by atoms with van der Waals surface area (Å²) in [7, 11) is 0. The molecule has 0 saturated carbocycles. The molecule has 0 amide bonds. The third kappa shape index (κ3) is 6.98. The summed E-state index contributed by atoms with van der Waals surface area (Å²) in [6.07, 6.45) is 13.9. The fourth-order valence-electron chi connectivity index (χ4n) is 3.42. The molecule has 2 aromatic carbocycles. The quantitative estimate of drug-likeness (QED) is 0.254. The molecule has 0 atom stereocenters. The minimum Gasteiger partial charge on any atom is -0.655 e. The molecule has 0 aromatic heterocycles. The van der Waals surface area contributed by atoms with Crippen LogP contribution in [0, 0.1) is 20.8 Å². The molecule has 0 saturated heterocycles. The Kier molecular flexibility index (Phi) is 9.52. The van der Waals surface area contributed by atoms with Gasteiger partial charge >= 0.3 is 17.1 Å². The van der Waals surface area contributed by atoms with Crippen LogP contribution in [0.25, 0.3) is 5.32 Å². The van der Waals surface area contributed by atoms with Crippen molar-refractivity contribution in [3.05, 3.63) is 124 Å². The Labute approximate surface area is 202 Å². The average Bonchev–Trinajstić information content (AvgIpc) is 3.47. The zero-order valence-corrected chi connectivity index (χ0v) is 20.4. The van der Waals surface area contributed by atoms with Gasteiger partial charge in [0.2, 0.25) is 0 Å². The second-order valence-corrected chi connectivity index (χ2v) is 7.66. The van der Waals surface area contributed by atoms with Crippen molar-refractivity contribution in [1.82, 2.24) is 0 Å². The van der Waals surface area contributed by atoms with E-state index in [0.29, 0.717) is 0 Å². The molecule has 3 nitrogen and oxygen atoms in total. The Hall–Kier alpha value is -3.07. The number of hydrogen-bond donors (Lipinski definition) is 0. The molecule has 4 rings (SSSR count). The molecule has 2 aromatic rings. The second kappa shape index (κ2) is 12.1. The third-order valence-corrected chi connectivity index (χ3v) is 4.90. The number of benzene rings is 1. The van der Waals surface area contributed by atoms with Crippen molar-refractivity contribution < 1.29 is 17.1 Å². The Morgan fingerprint density at radius 1 is 0.875 bits per heavy atom. The van der Waals surface area contributed by atoms with Crippen LogP contribution in [0.2, 0.25) is 0 Å². The first kappa shape index (κ1) is 25.2. The normalized spacial score (nSPS) is 16.0. The van der Waals surface area contributed by atoms with Gasteiger partial charge in [0.25, 0.3) is 0 Å². The first-order valence-corrected chi connectivity index (χ1v) is 10.5. The largest absolute Gasteiger partial charge is 2.00 e. The van der Waals surface area contributed by atoms with Crippen LogP contribution in [0.15, 0.2) is 112 Å². The Morgan fingerprint density at radius 3 is 2.06 bits per heavy atom. The van der Waals surface area contributed by atoms with Gasteiger partial charge in [0.15, 0.2) is 0 Å². The van der Waals surface area contributed by atoms with E-state index in [1.165, 1.54) is 16.7 Å². The first-order chi connectivity index (χ1) is 14.9. The molecule has 1 aliphatic heterocycles. The van der Waals surface area contributed by atoms with Gasteiger partial charge in [0.1, 0.15) is 0 Å². The summed E-state index contributed by atoms with van der Waals surface area (Å²) in [4.78, 5) is 9.49. The van der Waals surface area contributed by atoms with E-state index in [1.54, 1.807) is 0 Å². The summed E-state index contributed by atoms with van der Waals surface area (Å²) in [5.74, 6) is 0. The van der Waals surface area contributed by atoms with E-state index < -0.39 is 0 Å². The standard InChI is InChI=1S/C23H24N3.C5H5.Fe/c1-15-13-16(2)23(17(3)14-15)25-19(5)22-12-8-11-21(26-22)18(4)24-20-9-6-7-10-20;1-2-4-5-3-1;/h6-14H,1-5H3;1-5H;/q2*-1;+2. The number of allylic oxidation sites excluding steroid dienone is 9. The van der Waals surface area contributed by atoms with Crippen LogP contribution in [0.5, 0.6) is 0 Å². The number of hydrogen-bond acceptors (Lipinski definition) is 2. The number of aliphatic imine (C=N–C) groups is 2. The summed E-state index contributed by atoms with van der Waals surface area (Å²) >= 11 is 0. The molecule has 0 radical (unpaired) electrons. The fraction of sp³-hybridized carbons (Fsp3) is 0.179. The van der Waals surface area contributed by atoms with Crippen molar-refractivity contribution in [3.8, 4) is 0 Å². The predicted molar refractivity (Wildman–Crippen MR) is 134 cm³/mol. The van der Waals surface area contributed by atoms with E-state index in [4.69, 9.17) is 10.3 Å². The van der Waals surface area contributed by atoms with Crippen molar-refractivity contribution >= 4 is 17.1 Å². The van der Waals surface area contributed by atoms with Crippen LogP contribution in [-0.4, -0.2) is 11.4 Å². The van der Waals surface area contributed by atoms with Crippen LogP contribution in [0.1, 0.15) is 30.5 Å². The van der Waals surface area contributed by atoms with E-state index >= 15 is 0 Å². The molecule has 0 N–H and O–H groups in total. The van der Waals surface area contributed by atoms with Crippen LogP contribution < -0.4 is 0 Å². The van der Waals surface area contributed by atoms with Crippen LogP contribution in [-0.2, 0) is 17.1 Å². The SMILES string of the molecule is CC(=Nc1c(C)cc(C)cc1C)C1=CC=CC(=C(C)N=C2C=CC=C2)[N-]1.[Fe+2].c1cc[cH-]c1. The molecule has 164 valence electrons. The van der Waals surface area contributed by atoms with Gasteiger partial charge in [-0.25, -0.2) is 12.1 Å². The Balaban J connectivity index is 0.000000534. The zero-order chi connectivity index (χ0) is 22.2. The Bertz CT molecular complexity index is 1080. The van der Waals surface area contributed by atoms with Crippen molar-refractivity contribution in [2.45, 2.75) is 34.6 Å². The van der Waals surface area contributed by atoms with Crippen LogP contribution in [0.4, 0.5) is 5.69 Å². The number of nitrogens with zero attached hydrogens (tertiary/aromatic N) is 3. The predicted octanol–water partition coefficient (Wildman–Crippen LogP) is 7.73. The van der Waals surface area contributed by atoms with Gasteiger partial charge in [-0.3, -0.25) is 9.98 Å². The molecule has 0 bridgehead atoms. The van der Waals surface area contributed by atoms with Gasteiger partial charge in [-0.1, -0.05) is 48.1 Å². The van der Waals surface area contributed by atoms with Gasteiger partial charge in [0.05, 0.1) is 11.4 Å². The smallest absolute Gasteiger partial charge is 0.655 e. The monoisotopic (exact) mass is 463 g/mol. The maximum atomic E-state index is 4.86. The van der Waals surface area contributed by atoms with Gasteiger partial charge in [-0.05, 0) is 57.9 Å².